The van der Waals surface area contributed by atoms with Crippen molar-refractivity contribution in [1.82, 2.24) is 5.32 Å². The number of carbonyl (C=O) groups is 2. The van der Waals surface area contributed by atoms with E-state index in [0.717, 1.165) is 37.8 Å². The van der Waals surface area contributed by atoms with Crippen molar-refractivity contribution in [1.29, 1.82) is 0 Å². The fourth-order valence-electron chi connectivity index (χ4n) is 3.50. The van der Waals surface area contributed by atoms with E-state index in [0.29, 0.717) is 18.0 Å². The van der Waals surface area contributed by atoms with Gasteiger partial charge >= 0.3 is 6.18 Å². The number of rotatable bonds is 5. The Labute approximate surface area is 183 Å². The summed E-state index contributed by atoms with van der Waals surface area (Å²) in [6.07, 6.45) is 0.424. The van der Waals surface area contributed by atoms with Gasteiger partial charge in [-0.05, 0) is 73.4 Å². The van der Waals surface area contributed by atoms with Crippen molar-refractivity contribution in [2.45, 2.75) is 38.3 Å². The highest BCUT2D eigenvalue weighted by atomic mass is 32.1. The van der Waals surface area contributed by atoms with Crippen LogP contribution in [0.4, 0.5) is 24.5 Å². The lowest BCUT2D eigenvalue weighted by Crippen LogP contribution is -2.34. The van der Waals surface area contributed by atoms with Gasteiger partial charge in [0.05, 0.1) is 5.56 Å². The maximum absolute atomic E-state index is 12.8. The largest absolute Gasteiger partial charge is 0.416 e. The van der Waals surface area contributed by atoms with Crippen LogP contribution < -0.4 is 16.0 Å². The van der Waals surface area contributed by atoms with Gasteiger partial charge in [0.25, 0.3) is 5.91 Å². The van der Waals surface area contributed by atoms with E-state index in [2.05, 4.69) is 16.0 Å². The first-order chi connectivity index (χ1) is 14.7. The molecule has 1 fully saturated rings. The Hall–Kier alpha value is -2.94. The number of carbonyl (C=O) groups excluding carboxylic acids is 2. The van der Waals surface area contributed by atoms with Crippen molar-refractivity contribution in [3.05, 3.63) is 59.7 Å². The smallest absolute Gasteiger partial charge is 0.332 e. The Morgan fingerprint density at radius 1 is 0.968 bits per heavy atom. The number of halogens is 3. The van der Waals surface area contributed by atoms with Crippen LogP contribution in [-0.4, -0.2) is 16.9 Å². The zero-order chi connectivity index (χ0) is 22.4. The lowest BCUT2D eigenvalue weighted by Gasteiger charge is -2.12. The third kappa shape index (κ3) is 6.78. The van der Waals surface area contributed by atoms with E-state index in [-0.39, 0.29) is 22.3 Å². The van der Waals surface area contributed by atoms with Crippen molar-refractivity contribution in [3.8, 4) is 0 Å². The topological polar surface area (TPSA) is 70.2 Å². The number of nitrogens with one attached hydrogen (secondary N) is 3. The Balaban J connectivity index is 1.52. The first kappa shape index (κ1) is 22.7. The molecule has 0 aromatic heterocycles. The molecule has 1 saturated carbocycles. The Morgan fingerprint density at radius 3 is 2.29 bits per heavy atom. The SMILES string of the molecule is O=C(CC1CCCC1)NC(=S)Nc1ccc(C(=O)Nc2cccc(C(F)(F)F)c2)cc1. The van der Waals surface area contributed by atoms with Crippen LogP contribution in [0.25, 0.3) is 0 Å². The molecule has 3 rings (SSSR count). The number of thiocarbonyl (C=S) groups is 1. The van der Waals surface area contributed by atoms with E-state index in [1.807, 2.05) is 0 Å². The summed E-state index contributed by atoms with van der Waals surface area (Å²) in [5.74, 6) is -0.253. The molecule has 0 heterocycles. The predicted octanol–water partition coefficient (Wildman–Crippen LogP) is 5.35. The monoisotopic (exact) mass is 449 g/mol. The van der Waals surface area contributed by atoms with Crippen LogP contribution in [0.3, 0.4) is 0 Å². The predicted molar refractivity (Wildman–Crippen MR) is 117 cm³/mol. The van der Waals surface area contributed by atoms with E-state index in [4.69, 9.17) is 12.2 Å². The zero-order valence-corrected chi connectivity index (χ0v) is 17.4. The molecule has 1 aliphatic carbocycles. The van der Waals surface area contributed by atoms with Crippen molar-refractivity contribution in [2.75, 3.05) is 10.6 Å². The lowest BCUT2D eigenvalue weighted by atomic mass is 10.0. The Bertz CT molecular complexity index is 955. The minimum atomic E-state index is -4.49. The molecule has 0 unspecified atom stereocenters. The molecular formula is C22H22F3N3O2S. The van der Waals surface area contributed by atoms with Gasteiger partial charge in [0.2, 0.25) is 5.91 Å². The van der Waals surface area contributed by atoms with Crippen molar-refractivity contribution >= 4 is 40.5 Å². The molecule has 0 atom stereocenters. The summed E-state index contributed by atoms with van der Waals surface area (Å²) in [6, 6.07) is 10.6. The maximum atomic E-state index is 12.8. The summed E-state index contributed by atoms with van der Waals surface area (Å²) >= 11 is 5.15. The molecule has 5 nitrogen and oxygen atoms in total. The molecule has 0 bridgehead atoms. The first-order valence-electron chi connectivity index (χ1n) is 9.90. The van der Waals surface area contributed by atoms with Crippen LogP contribution in [0.5, 0.6) is 0 Å². The molecule has 31 heavy (non-hydrogen) atoms. The molecule has 2 amide bonds. The van der Waals surface area contributed by atoms with Crippen LogP contribution in [0, 0.1) is 5.92 Å². The van der Waals surface area contributed by atoms with Gasteiger partial charge in [-0.1, -0.05) is 18.9 Å². The number of benzene rings is 2. The van der Waals surface area contributed by atoms with Crippen molar-refractivity contribution in [2.24, 2.45) is 5.92 Å². The van der Waals surface area contributed by atoms with Crippen LogP contribution in [0.15, 0.2) is 48.5 Å². The second-order valence-corrected chi connectivity index (χ2v) is 7.88. The van der Waals surface area contributed by atoms with Gasteiger partial charge in [-0.15, -0.1) is 0 Å². The summed E-state index contributed by atoms with van der Waals surface area (Å²) in [7, 11) is 0. The third-order valence-electron chi connectivity index (χ3n) is 5.05. The number of alkyl halides is 3. The molecule has 1 aliphatic rings. The van der Waals surface area contributed by atoms with E-state index in [9.17, 15) is 22.8 Å². The molecule has 2 aromatic rings. The van der Waals surface area contributed by atoms with Crippen LogP contribution in [0.2, 0.25) is 0 Å². The third-order valence-corrected chi connectivity index (χ3v) is 5.26. The van der Waals surface area contributed by atoms with Gasteiger partial charge in [-0.2, -0.15) is 13.2 Å². The average molecular weight is 449 g/mol. The summed E-state index contributed by atoms with van der Waals surface area (Å²) < 4.78 is 38.4. The quantitative estimate of drug-likeness (QED) is 0.538. The molecule has 0 saturated heterocycles. The zero-order valence-electron chi connectivity index (χ0n) is 16.6. The fourth-order valence-corrected chi connectivity index (χ4v) is 3.73. The van der Waals surface area contributed by atoms with Gasteiger partial charge in [-0.3, -0.25) is 9.59 Å². The number of hydrogen-bond donors (Lipinski definition) is 3. The number of anilines is 2. The van der Waals surface area contributed by atoms with Gasteiger partial charge < -0.3 is 16.0 Å². The molecular weight excluding hydrogens is 427 g/mol. The highest BCUT2D eigenvalue weighted by Gasteiger charge is 2.30. The van der Waals surface area contributed by atoms with Gasteiger partial charge in [0.15, 0.2) is 5.11 Å². The molecule has 0 spiro atoms. The maximum Gasteiger partial charge on any atom is 0.416 e. The van der Waals surface area contributed by atoms with Gasteiger partial charge in [-0.25, -0.2) is 0 Å². The van der Waals surface area contributed by atoms with E-state index in [1.54, 1.807) is 12.1 Å². The molecule has 2 aromatic carbocycles. The van der Waals surface area contributed by atoms with E-state index < -0.39 is 17.6 Å². The Morgan fingerprint density at radius 2 is 1.65 bits per heavy atom. The second kappa shape index (κ2) is 9.91. The van der Waals surface area contributed by atoms with Crippen molar-refractivity contribution in [3.63, 3.8) is 0 Å². The average Bonchev–Trinajstić information content (AvgIpc) is 3.20. The highest BCUT2D eigenvalue weighted by molar-refractivity contribution is 7.80. The molecule has 3 N–H and O–H groups in total. The summed E-state index contributed by atoms with van der Waals surface area (Å²) in [6.45, 7) is 0. The van der Waals surface area contributed by atoms with Crippen molar-refractivity contribution < 1.29 is 22.8 Å². The highest BCUT2D eigenvalue weighted by Crippen LogP contribution is 2.31. The van der Waals surface area contributed by atoms with Crippen LogP contribution in [-0.2, 0) is 11.0 Å². The van der Waals surface area contributed by atoms with Crippen LogP contribution in [0.1, 0.15) is 48.0 Å². The minimum absolute atomic E-state index is 0.0492. The summed E-state index contributed by atoms with van der Waals surface area (Å²) in [4.78, 5) is 24.4. The fraction of sp³-hybridized carbons (Fsp3) is 0.318. The van der Waals surface area contributed by atoms with E-state index >= 15 is 0 Å². The number of amides is 2. The van der Waals surface area contributed by atoms with Crippen LogP contribution >= 0.6 is 12.2 Å². The summed E-state index contributed by atoms with van der Waals surface area (Å²) in [5.41, 5.74) is 0.0439. The first-order valence-corrected chi connectivity index (χ1v) is 10.3. The minimum Gasteiger partial charge on any atom is -0.332 e. The molecule has 0 radical (unpaired) electrons. The lowest BCUT2D eigenvalue weighted by molar-refractivity contribution is -0.137. The molecule has 9 heteroatoms. The van der Waals surface area contributed by atoms with Gasteiger partial charge in [0, 0.05) is 23.4 Å². The normalized spacial score (nSPS) is 14.2. The van der Waals surface area contributed by atoms with Gasteiger partial charge in [0.1, 0.15) is 0 Å². The molecule has 164 valence electrons. The number of hydrogen-bond acceptors (Lipinski definition) is 3. The molecule has 0 aliphatic heterocycles. The standard InChI is InChI=1S/C22H22F3N3O2S/c23-22(24,25)16-6-3-7-18(13-16)26-20(30)15-8-10-17(11-9-15)27-21(31)28-19(29)12-14-4-1-2-5-14/h3,6-11,13-14H,1-2,4-5,12H2,(H,26,30)(H2,27,28,29,31). The second-order valence-electron chi connectivity index (χ2n) is 7.47. The Kier molecular flexibility index (Phi) is 7.27. The summed E-state index contributed by atoms with van der Waals surface area (Å²) in [5, 5.41) is 8.15. The van der Waals surface area contributed by atoms with E-state index in [1.165, 1.54) is 24.3 Å².